The van der Waals surface area contributed by atoms with Crippen LogP contribution < -0.4 is 5.73 Å². The van der Waals surface area contributed by atoms with Crippen molar-refractivity contribution in [2.75, 3.05) is 6.61 Å². The largest absolute Gasteiger partial charge is 0.501 e. The molecule has 0 aliphatic carbocycles. The van der Waals surface area contributed by atoms with Gasteiger partial charge < -0.3 is 10.5 Å². The summed E-state index contributed by atoms with van der Waals surface area (Å²) in [5.41, 5.74) is 5.84. The summed E-state index contributed by atoms with van der Waals surface area (Å²) in [5, 5.41) is 7.19. The fraction of sp³-hybridized carbons (Fsp3) is 0.222. The van der Waals surface area contributed by atoms with Crippen LogP contribution in [-0.2, 0) is 4.74 Å². The number of nitrogens with zero attached hydrogens (tertiary/aromatic N) is 2. The van der Waals surface area contributed by atoms with Crippen LogP contribution in [0.5, 0.6) is 0 Å². The first-order valence-electron chi connectivity index (χ1n) is 4.15. The molecule has 1 aromatic heterocycles. The van der Waals surface area contributed by atoms with Gasteiger partial charge in [0.05, 0.1) is 19.1 Å². The summed E-state index contributed by atoms with van der Waals surface area (Å²) >= 11 is 0. The van der Waals surface area contributed by atoms with Crippen molar-refractivity contribution < 1.29 is 9.53 Å². The molecule has 5 heteroatoms. The van der Waals surface area contributed by atoms with Crippen LogP contribution in [0.4, 0.5) is 0 Å². The van der Waals surface area contributed by atoms with Crippen LogP contribution in [0.25, 0.3) is 6.08 Å². The van der Waals surface area contributed by atoms with E-state index in [1.807, 2.05) is 6.92 Å². The molecule has 0 aromatic carbocycles. The van der Waals surface area contributed by atoms with E-state index in [2.05, 4.69) is 10.2 Å². The minimum Gasteiger partial charge on any atom is -0.501 e. The summed E-state index contributed by atoms with van der Waals surface area (Å²) in [6.07, 6.45) is 4.60. The molecule has 1 amide bonds. The molecule has 1 aromatic rings. The highest BCUT2D eigenvalue weighted by Crippen LogP contribution is 2.05. The molecule has 0 spiro atoms. The lowest BCUT2D eigenvalue weighted by Crippen LogP contribution is -2.15. The van der Waals surface area contributed by atoms with Crippen LogP contribution in [0.3, 0.4) is 0 Å². The number of aromatic nitrogens is 2. The number of amides is 1. The van der Waals surface area contributed by atoms with E-state index in [0.29, 0.717) is 12.2 Å². The van der Waals surface area contributed by atoms with Gasteiger partial charge in [0.2, 0.25) is 0 Å². The van der Waals surface area contributed by atoms with Crippen molar-refractivity contribution in [3.63, 3.8) is 0 Å². The van der Waals surface area contributed by atoms with Gasteiger partial charge in [0.25, 0.3) is 5.91 Å². The molecule has 0 radical (unpaired) electrons. The van der Waals surface area contributed by atoms with Crippen molar-refractivity contribution in [3.05, 3.63) is 29.8 Å². The Hall–Kier alpha value is -1.91. The number of hydrogen-bond acceptors (Lipinski definition) is 4. The summed E-state index contributed by atoms with van der Waals surface area (Å²) in [7, 11) is 0. The molecular formula is C9H11N3O2. The van der Waals surface area contributed by atoms with Gasteiger partial charge >= 0.3 is 0 Å². The molecule has 1 heterocycles. The Morgan fingerprint density at radius 2 is 2.50 bits per heavy atom. The predicted molar refractivity (Wildman–Crippen MR) is 51.2 cm³/mol. The summed E-state index contributed by atoms with van der Waals surface area (Å²) < 4.78 is 4.99. The summed E-state index contributed by atoms with van der Waals surface area (Å²) in [6.45, 7) is 2.44. The van der Waals surface area contributed by atoms with E-state index in [0.717, 1.165) is 0 Å². The average molecular weight is 193 g/mol. The second-order valence-corrected chi connectivity index (χ2v) is 2.46. The van der Waals surface area contributed by atoms with Gasteiger partial charge in [-0.2, -0.15) is 5.10 Å². The van der Waals surface area contributed by atoms with Gasteiger partial charge in [-0.15, -0.1) is 5.10 Å². The molecule has 0 saturated carbocycles. The highest BCUT2D eigenvalue weighted by Gasteiger charge is 2.06. The number of carbonyl (C=O) groups is 1. The Balaban J connectivity index is 2.90. The number of nitrogens with two attached hydrogens (primary N) is 1. The Kier molecular flexibility index (Phi) is 3.60. The third-order valence-electron chi connectivity index (χ3n) is 1.50. The summed E-state index contributed by atoms with van der Waals surface area (Å²) in [6, 6.07) is 1.64. The maximum Gasteiger partial charge on any atom is 0.269 e. The zero-order valence-electron chi connectivity index (χ0n) is 7.80. The van der Waals surface area contributed by atoms with Crippen molar-refractivity contribution in [1.82, 2.24) is 10.2 Å². The van der Waals surface area contributed by atoms with Crippen molar-refractivity contribution in [2.24, 2.45) is 5.73 Å². The lowest BCUT2D eigenvalue weighted by atomic mass is 10.2. The molecule has 0 unspecified atom stereocenters. The third kappa shape index (κ3) is 2.55. The van der Waals surface area contributed by atoms with E-state index in [1.165, 1.54) is 12.5 Å². The average Bonchev–Trinajstić information content (AvgIpc) is 2.19. The quantitative estimate of drug-likeness (QED) is 0.709. The van der Waals surface area contributed by atoms with Gasteiger partial charge in [-0.3, -0.25) is 4.79 Å². The fourth-order valence-corrected chi connectivity index (χ4v) is 0.885. The van der Waals surface area contributed by atoms with Crippen molar-refractivity contribution in [3.8, 4) is 0 Å². The molecule has 14 heavy (non-hydrogen) atoms. The Morgan fingerprint density at radius 3 is 3.14 bits per heavy atom. The highest BCUT2D eigenvalue weighted by molar-refractivity contribution is 5.94. The van der Waals surface area contributed by atoms with E-state index >= 15 is 0 Å². The molecule has 2 N–H and O–H groups in total. The van der Waals surface area contributed by atoms with Crippen molar-refractivity contribution in [2.45, 2.75) is 6.92 Å². The van der Waals surface area contributed by atoms with Crippen LogP contribution in [0.2, 0.25) is 0 Å². The highest BCUT2D eigenvalue weighted by atomic mass is 16.5. The van der Waals surface area contributed by atoms with Crippen molar-refractivity contribution in [1.29, 1.82) is 0 Å². The lowest BCUT2D eigenvalue weighted by Gasteiger charge is -1.98. The summed E-state index contributed by atoms with van der Waals surface area (Å²) in [4.78, 5) is 10.9. The summed E-state index contributed by atoms with van der Waals surface area (Å²) in [5.74, 6) is -0.603. The molecule has 0 aliphatic heterocycles. The Bertz CT molecular complexity index is 350. The molecule has 0 bridgehead atoms. The molecule has 74 valence electrons. The molecule has 0 atom stereocenters. The zero-order chi connectivity index (χ0) is 10.4. The number of carbonyl (C=O) groups excluding carboxylic acids is 1. The number of rotatable bonds is 4. The zero-order valence-corrected chi connectivity index (χ0v) is 7.80. The molecule has 5 nitrogen and oxygen atoms in total. The number of primary amides is 1. The van der Waals surface area contributed by atoms with E-state index < -0.39 is 5.91 Å². The van der Waals surface area contributed by atoms with Crippen LogP contribution in [-0.4, -0.2) is 22.7 Å². The second kappa shape index (κ2) is 4.96. The van der Waals surface area contributed by atoms with Gasteiger partial charge in [0.15, 0.2) is 5.69 Å². The van der Waals surface area contributed by atoms with Gasteiger partial charge in [-0.1, -0.05) is 0 Å². The van der Waals surface area contributed by atoms with Crippen LogP contribution in [0.1, 0.15) is 23.0 Å². The Morgan fingerprint density at radius 1 is 1.71 bits per heavy atom. The molecule has 0 saturated heterocycles. The van der Waals surface area contributed by atoms with E-state index in [-0.39, 0.29) is 5.69 Å². The molecule has 1 rings (SSSR count). The normalized spacial score (nSPS) is 10.4. The maximum atomic E-state index is 10.9. The van der Waals surface area contributed by atoms with Crippen LogP contribution in [0, 0.1) is 0 Å². The molecule has 0 aliphatic rings. The third-order valence-corrected chi connectivity index (χ3v) is 1.50. The Labute approximate surface area is 81.6 Å². The standard InChI is InChI=1S/C9H11N3O2/c1-2-14-6-4-7-3-5-11-12-8(7)9(10)13/h3-6H,2H2,1H3,(H2,10,13). The topological polar surface area (TPSA) is 78.1 Å². The smallest absolute Gasteiger partial charge is 0.269 e. The number of ether oxygens (including phenoxy) is 1. The minimum atomic E-state index is -0.603. The first kappa shape index (κ1) is 10.2. The predicted octanol–water partition coefficient (Wildman–Crippen LogP) is 0.583. The maximum absolute atomic E-state index is 10.9. The SMILES string of the molecule is CCOC=Cc1ccnnc1C(N)=O. The van der Waals surface area contributed by atoms with Gasteiger partial charge in [-0.25, -0.2) is 0 Å². The number of hydrogen-bond donors (Lipinski definition) is 1. The first-order chi connectivity index (χ1) is 6.75. The van der Waals surface area contributed by atoms with Gasteiger partial charge in [-0.05, 0) is 19.1 Å². The van der Waals surface area contributed by atoms with Crippen molar-refractivity contribution >= 4 is 12.0 Å². The van der Waals surface area contributed by atoms with Crippen LogP contribution >= 0.6 is 0 Å². The van der Waals surface area contributed by atoms with E-state index in [4.69, 9.17) is 10.5 Å². The molecular weight excluding hydrogens is 182 g/mol. The minimum absolute atomic E-state index is 0.142. The van der Waals surface area contributed by atoms with Crippen LogP contribution in [0.15, 0.2) is 18.5 Å². The molecule has 0 fully saturated rings. The monoisotopic (exact) mass is 193 g/mol. The van der Waals surface area contributed by atoms with Gasteiger partial charge in [0, 0.05) is 5.56 Å². The second-order valence-electron chi connectivity index (χ2n) is 2.46. The fourth-order valence-electron chi connectivity index (χ4n) is 0.885. The first-order valence-corrected chi connectivity index (χ1v) is 4.15. The van der Waals surface area contributed by atoms with Gasteiger partial charge in [0.1, 0.15) is 0 Å². The van der Waals surface area contributed by atoms with E-state index in [9.17, 15) is 4.79 Å². The van der Waals surface area contributed by atoms with E-state index in [1.54, 1.807) is 12.1 Å². The lowest BCUT2D eigenvalue weighted by molar-refractivity contribution is 0.0994.